The zero-order valence-corrected chi connectivity index (χ0v) is 14.0. The molecule has 0 aliphatic carbocycles. The molecule has 6 heteroatoms. The third kappa shape index (κ3) is 5.83. The van der Waals surface area contributed by atoms with Crippen molar-refractivity contribution < 1.29 is 19.4 Å². The molecule has 0 amide bonds. The van der Waals surface area contributed by atoms with Crippen LogP contribution in [-0.2, 0) is 9.47 Å². The Hall–Kier alpha value is -0.560. The highest BCUT2D eigenvalue weighted by molar-refractivity contribution is 9.10. The summed E-state index contributed by atoms with van der Waals surface area (Å²) in [5.74, 6) is -0.173. The zero-order valence-electron chi connectivity index (χ0n) is 11.6. The summed E-state index contributed by atoms with van der Waals surface area (Å²) >= 11 is 4.86. The number of hydrogen-bond acceptors (Lipinski definition) is 4. The van der Waals surface area contributed by atoms with Gasteiger partial charge < -0.3 is 14.6 Å². The van der Waals surface area contributed by atoms with Crippen LogP contribution in [0, 0.1) is 0 Å². The van der Waals surface area contributed by atoms with E-state index in [-0.39, 0.29) is 6.29 Å². The number of benzene rings is 1. The highest BCUT2D eigenvalue weighted by Gasteiger charge is 2.13. The van der Waals surface area contributed by atoms with Gasteiger partial charge >= 0.3 is 5.97 Å². The first-order valence-corrected chi connectivity index (χ1v) is 8.25. The van der Waals surface area contributed by atoms with Crippen molar-refractivity contribution in [2.75, 3.05) is 19.0 Å². The van der Waals surface area contributed by atoms with Gasteiger partial charge in [0.05, 0.1) is 5.56 Å². The first-order chi connectivity index (χ1) is 9.58. The first-order valence-electron chi connectivity index (χ1n) is 6.47. The molecule has 1 N–H and O–H groups in total. The summed E-state index contributed by atoms with van der Waals surface area (Å²) in [6.45, 7) is 5.06. The maximum atomic E-state index is 11.2. The fourth-order valence-corrected chi connectivity index (χ4v) is 3.21. The quantitative estimate of drug-likeness (QED) is 0.530. The van der Waals surface area contributed by atoms with E-state index in [0.717, 1.165) is 21.5 Å². The van der Waals surface area contributed by atoms with E-state index < -0.39 is 5.97 Å². The molecule has 0 aliphatic rings. The topological polar surface area (TPSA) is 55.8 Å². The largest absolute Gasteiger partial charge is 0.478 e. The molecule has 4 nitrogen and oxygen atoms in total. The number of hydrogen-bond donors (Lipinski definition) is 1. The highest BCUT2D eigenvalue weighted by Crippen LogP contribution is 2.27. The lowest BCUT2D eigenvalue weighted by Gasteiger charge is -2.16. The number of rotatable bonds is 9. The third-order valence-electron chi connectivity index (χ3n) is 2.49. The lowest BCUT2D eigenvalue weighted by molar-refractivity contribution is -0.136. The van der Waals surface area contributed by atoms with Crippen molar-refractivity contribution in [1.82, 2.24) is 0 Å². The summed E-state index contributed by atoms with van der Waals surface area (Å²) in [6.07, 6.45) is 0.496. The second kappa shape index (κ2) is 9.39. The number of thioether (sulfide) groups is 1. The molecule has 1 aromatic rings. The van der Waals surface area contributed by atoms with Crippen molar-refractivity contribution in [1.29, 1.82) is 0 Å². The van der Waals surface area contributed by atoms with E-state index in [9.17, 15) is 4.79 Å². The summed E-state index contributed by atoms with van der Waals surface area (Å²) in [4.78, 5) is 11.9. The van der Waals surface area contributed by atoms with Crippen LogP contribution < -0.4 is 0 Å². The summed E-state index contributed by atoms with van der Waals surface area (Å²) < 4.78 is 11.8. The van der Waals surface area contributed by atoms with Crippen molar-refractivity contribution >= 4 is 33.7 Å². The molecule has 0 heterocycles. The van der Waals surface area contributed by atoms with Crippen molar-refractivity contribution in [2.45, 2.75) is 31.5 Å². The van der Waals surface area contributed by atoms with Gasteiger partial charge in [0.15, 0.2) is 6.29 Å². The van der Waals surface area contributed by atoms with E-state index >= 15 is 0 Å². The van der Waals surface area contributed by atoms with E-state index in [4.69, 9.17) is 14.6 Å². The molecule has 1 aromatic carbocycles. The van der Waals surface area contributed by atoms with Crippen LogP contribution in [0.15, 0.2) is 27.6 Å². The first kappa shape index (κ1) is 17.5. The SMILES string of the molecule is CCOC(CCSc1cc(Br)ccc1C(=O)O)OCC. The number of carbonyl (C=O) groups is 1. The van der Waals surface area contributed by atoms with Gasteiger partial charge in [0, 0.05) is 34.8 Å². The summed E-state index contributed by atoms with van der Waals surface area (Å²) in [5.41, 5.74) is 0.322. The molecule has 0 unspecified atom stereocenters. The van der Waals surface area contributed by atoms with E-state index in [1.807, 2.05) is 19.9 Å². The third-order valence-corrected chi connectivity index (χ3v) is 4.07. The molecule has 20 heavy (non-hydrogen) atoms. The van der Waals surface area contributed by atoms with Crippen LogP contribution in [0.4, 0.5) is 0 Å². The van der Waals surface area contributed by atoms with E-state index in [2.05, 4.69) is 15.9 Å². The molecular weight excluding hydrogens is 344 g/mol. The molecule has 112 valence electrons. The monoisotopic (exact) mass is 362 g/mol. The van der Waals surface area contributed by atoms with Crippen LogP contribution in [0.1, 0.15) is 30.6 Å². The molecule has 0 aliphatic heterocycles. The standard InChI is InChI=1S/C14H19BrO4S/c1-3-18-13(19-4-2)7-8-20-12-9-10(15)5-6-11(12)14(16)17/h5-6,9,13H,3-4,7-8H2,1-2H3,(H,16,17). The predicted molar refractivity (Wildman–Crippen MR) is 83.5 cm³/mol. The molecule has 0 atom stereocenters. The minimum absolute atomic E-state index is 0.224. The molecule has 0 saturated heterocycles. The number of ether oxygens (including phenoxy) is 2. The second-order valence-corrected chi connectivity index (χ2v) is 5.98. The van der Waals surface area contributed by atoms with E-state index in [1.165, 1.54) is 11.8 Å². The minimum atomic E-state index is -0.911. The lowest BCUT2D eigenvalue weighted by Crippen LogP contribution is -2.18. The van der Waals surface area contributed by atoms with Gasteiger partial charge in [-0.15, -0.1) is 11.8 Å². The summed E-state index contributed by atoms with van der Waals surface area (Å²) in [6, 6.07) is 5.17. The molecule has 0 saturated carbocycles. The highest BCUT2D eigenvalue weighted by atomic mass is 79.9. The number of aromatic carboxylic acids is 1. The molecule has 0 spiro atoms. The minimum Gasteiger partial charge on any atom is -0.478 e. The van der Waals surface area contributed by atoms with Crippen LogP contribution in [0.5, 0.6) is 0 Å². The van der Waals surface area contributed by atoms with Crippen LogP contribution in [-0.4, -0.2) is 36.3 Å². The lowest BCUT2D eigenvalue weighted by atomic mass is 10.2. The number of carboxylic acid groups (broad SMARTS) is 1. The van der Waals surface area contributed by atoms with Gasteiger partial charge in [-0.25, -0.2) is 4.79 Å². The van der Waals surface area contributed by atoms with Crippen LogP contribution in [0.3, 0.4) is 0 Å². The van der Waals surface area contributed by atoms with Gasteiger partial charge in [-0.2, -0.15) is 0 Å². The maximum Gasteiger partial charge on any atom is 0.336 e. The van der Waals surface area contributed by atoms with Crippen LogP contribution in [0.2, 0.25) is 0 Å². The fourth-order valence-electron chi connectivity index (χ4n) is 1.64. The fraction of sp³-hybridized carbons (Fsp3) is 0.500. The molecular formula is C14H19BrO4S. The Morgan fingerprint density at radius 2 is 2.00 bits per heavy atom. The summed E-state index contributed by atoms with van der Waals surface area (Å²) in [7, 11) is 0. The number of halogens is 1. The Labute approximate surface area is 132 Å². The maximum absolute atomic E-state index is 11.2. The summed E-state index contributed by atoms with van der Waals surface area (Å²) in [5, 5.41) is 9.16. The van der Waals surface area contributed by atoms with Gasteiger partial charge in [0.2, 0.25) is 0 Å². The normalized spacial score (nSPS) is 11.0. The van der Waals surface area contributed by atoms with Crippen molar-refractivity contribution in [3.8, 4) is 0 Å². The molecule has 1 rings (SSSR count). The second-order valence-electron chi connectivity index (χ2n) is 3.92. The Morgan fingerprint density at radius 3 is 2.55 bits per heavy atom. The van der Waals surface area contributed by atoms with Gasteiger partial charge in [0.1, 0.15) is 0 Å². The van der Waals surface area contributed by atoms with Gasteiger partial charge in [-0.05, 0) is 32.0 Å². The number of carboxylic acids is 1. The van der Waals surface area contributed by atoms with Crippen molar-refractivity contribution in [3.05, 3.63) is 28.2 Å². The Balaban J connectivity index is 2.60. The Kier molecular flexibility index (Phi) is 8.21. The molecule has 0 radical (unpaired) electrons. The van der Waals surface area contributed by atoms with Crippen molar-refractivity contribution in [2.24, 2.45) is 0 Å². The molecule has 0 aromatic heterocycles. The van der Waals surface area contributed by atoms with Crippen LogP contribution in [0.25, 0.3) is 0 Å². The average molecular weight is 363 g/mol. The van der Waals surface area contributed by atoms with Gasteiger partial charge in [-0.1, -0.05) is 15.9 Å². The molecule has 0 fully saturated rings. The molecule has 0 bridgehead atoms. The van der Waals surface area contributed by atoms with E-state index in [1.54, 1.807) is 12.1 Å². The smallest absolute Gasteiger partial charge is 0.336 e. The Bertz CT molecular complexity index is 433. The van der Waals surface area contributed by atoms with Crippen LogP contribution >= 0.6 is 27.7 Å². The zero-order chi connectivity index (χ0) is 15.0. The predicted octanol–water partition coefficient (Wildman–Crippen LogP) is 4.03. The average Bonchev–Trinajstić information content (AvgIpc) is 2.39. The van der Waals surface area contributed by atoms with Crippen molar-refractivity contribution in [3.63, 3.8) is 0 Å². The van der Waals surface area contributed by atoms with E-state index in [0.29, 0.717) is 18.8 Å². The van der Waals surface area contributed by atoms with Gasteiger partial charge in [0.25, 0.3) is 0 Å². The Morgan fingerprint density at radius 1 is 1.35 bits per heavy atom. The van der Waals surface area contributed by atoms with Gasteiger partial charge in [-0.3, -0.25) is 0 Å².